The molecule has 5 rings (SSSR count). The van der Waals surface area contributed by atoms with E-state index in [2.05, 4.69) is 10.3 Å². The van der Waals surface area contributed by atoms with Gasteiger partial charge in [0.1, 0.15) is 0 Å². The summed E-state index contributed by atoms with van der Waals surface area (Å²) in [5.74, 6) is -0.709. The number of carbonyl (C=O) groups excluding carboxylic acids is 3. The average molecular weight is 474 g/mol. The van der Waals surface area contributed by atoms with Crippen molar-refractivity contribution in [2.24, 2.45) is 10.8 Å². The van der Waals surface area contributed by atoms with Gasteiger partial charge in [0.2, 0.25) is 11.8 Å². The number of rotatable bonds is 8. The van der Waals surface area contributed by atoms with Crippen molar-refractivity contribution in [3.05, 3.63) is 23.8 Å². The highest BCUT2D eigenvalue weighted by atomic mass is 32.1. The zero-order valence-electron chi connectivity index (χ0n) is 18.9. The second kappa shape index (κ2) is 8.12. The van der Waals surface area contributed by atoms with Gasteiger partial charge in [0.15, 0.2) is 5.13 Å². The molecule has 4 atom stereocenters. The Kier molecular flexibility index (Phi) is 5.51. The Morgan fingerprint density at radius 1 is 1.18 bits per heavy atom. The molecular formula is C23H27N3O6S. The summed E-state index contributed by atoms with van der Waals surface area (Å²) in [6.07, 6.45) is 1.10. The van der Waals surface area contributed by atoms with Crippen molar-refractivity contribution in [2.75, 3.05) is 38.4 Å². The monoisotopic (exact) mass is 473 g/mol. The molecule has 3 fully saturated rings. The smallest absolute Gasteiger partial charge is 0.251 e. The summed E-state index contributed by atoms with van der Waals surface area (Å²) < 4.78 is 17.0. The maximum atomic E-state index is 13.5. The van der Waals surface area contributed by atoms with Crippen LogP contribution in [0, 0.1) is 10.8 Å². The Morgan fingerprint density at radius 2 is 1.88 bits per heavy atom. The lowest BCUT2D eigenvalue weighted by Crippen LogP contribution is -2.48. The first-order chi connectivity index (χ1) is 15.8. The number of ether oxygens (including phenoxy) is 3. The molecule has 2 aromatic rings. The molecule has 1 aromatic heterocycles. The molecule has 9 nitrogen and oxygen atoms in total. The van der Waals surface area contributed by atoms with Gasteiger partial charge in [-0.1, -0.05) is 11.3 Å². The fourth-order valence-electron chi connectivity index (χ4n) is 5.34. The second-order valence-electron chi connectivity index (χ2n) is 9.08. The summed E-state index contributed by atoms with van der Waals surface area (Å²) in [6, 6.07) is 5.16. The highest BCUT2D eigenvalue weighted by Gasteiger charge is 2.77. The van der Waals surface area contributed by atoms with Crippen molar-refractivity contribution in [2.45, 2.75) is 38.9 Å². The summed E-state index contributed by atoms with van der Waals surface area (Å²) in [4.78, 5) is 45.3. The molecule has 0 spiro atoms. The number of benzene rings is 1. The van der Waals surface area contributed by atoms with E-state index in [0.717, 1.165) is 17.5 Å². The standard InChI is InChI=1S/C23H27N3O6S/c1-22-16-6-7-17(32-16)23(22,2)20(29)26(19(22)28)21-25-14-5-4-13(12-15(14)33-21)18(27)24-8-9-31-11-10-30-3/h4-5,12,16-17H,6-11H2,1-3H3,(H,24,27)/t16-,17+,22-,23+. The summed E-state index contributed by atoms with van der Waals surface area (Å²) in [5, 5.41) is 3.16. The number of imide groups is 1. The summed E-state index contributed by atoms with van der Waals surface area (Å²) in [7, 11) is 1.60. The van der Waals surface area contributed by atoms with Gasteiger partial charge in [0, 0.05) is 19.2 Å². The van der Waals surface area contributed by atoms with E-state index in [1.807, 2.05) is 13.8 Å². The maximum Gasteiger partial charge on any atom is 0.251 e. The van der Waals surface area contributed by atoms with Gasteiger partial charge in [-0.2, -0.15) is 0 Å². The molecule has 10 heteroatoms. The highest BCUT2D eigenvalue weighted by molar-refractivity contribution is 7.22. The predicted octanol–water partition coefficient (Wildman–Crippen LogP) is 2.14. The third-order valence-corrected chi connectivity index (χ3v) is 8.48. The quantitative estimate of drug-likeness (QED) is 0.462. The van der Waals surface area contributed by atoms with E-state index in [9.17, 15) is 14.4 Å². The van der Waals surface area contributed by atoms with Crippen molar-refractivity contribution in [3.63, 3.8) is 0 Å². The number of carbonyl (C=O) groups is 3. The van der Waals surface area contributed by atoms with Crippen LogP contribution in [0.1, 0.15) is 37.0 Å². The molecule has 176 valence electrons. The Bertz CT molecular complexity index is 1100. The molecule has 3 saturated heterocycles. The minimum absolute atomic E-state index is 0.223. The molecule has 4 heterocycles. The normalized spacial score (nSPS) is 30.5. The Morgan fingerprint density at radius 3 is 2.55 bits per heavy atom. The van der Waals surface area contributed by atoms with Gasteiger partial charge in [-0.05, 0) is 44.9 Å². The molecule has 0 radical (unpaired) electrons. The number of amides is 3. The minimum atomic E-state index is -0.874. The average Bonchev–Trinajstić information content (AvgIpc) is 3.53. The van der Waals surface area contributed by atoms with E-state index >= 15 is 0 Å². The molecule has 0 unspecified atom stereocenters. The van der Waals surface area contributed by atoms with E-state index in [1.54, 1.807) is 25.3 Å². The number of thiazole rings is 1. The number of anilines is 1. The van der Waals surface area contributed by atoms with Crippen molar-refractivity contribution in [1.82, 2.24) is 10.3 Å². The highest BCUT2D eigenvalue weighted by Crippen LogP contribution is 2.64. The Balaban J connectivity index is 1.34. The maximum absolute atomic E-state index is 13.5. The van der Waals surface area contributed by atoms with Crippen molar-refractivity contribution < 1.29 is 28.6 Å². The SMILES string of the molecule is COCCOCCNC(=O)c1ccc2nc(N3C(=O)[C@@]4(C)[C@H]5CC[C@H](O5)[C@@]4(C)C3=O)sc2c1. The van der Waals surface area contributed by atoms with Crippen LogP contribution in [0.25, 0.3) is 10.2 Å². The topological polar surface area (TPSA) is 107 Å². The van der Waals surface area contributed by atoms with Crippen LogP contribution in [0.4, 0.5) is 5.13 Å². The van der Waals surface area contributed by atoms with Crippen molar-refractivity contribution >= 4 is 44.4 Å². The van der Waals surface area contributed by atoms with Crippen molar-refractivity contribution in [3.8, 4) is 0 Å². The molecule has 1 aromatic carbocycles. The fourth-order valence-corrected chi connectivity index (χ4v) is 6.34. The summed E-state index contributed by atoms with van der Waals surface area (Å²) in [5.41, 5.74) is -0.625. The van der Waals surface area contributed by atoms with Crippen molar-refractivity contribution in [1.29, 1.82) is 0 Å². The molecule has 1 N–H and O–H groups in total. The van der Waals surface area contributed by atoms with Crippen LogP contribution < -0.4 is 10.2 Å². The first-order valence-electron chi connectivity index (χ1n) is 11.1. The largest absolute Gasteiger partial charge is 0.382 e. The summed E-state index contributed by atoms with van der Waals surface area (Å²) in [6.45, 7) is 5.46. The zero-order valence-corrected chi connectivity index (χ0v) is 19.7. The first kappa shape index (κ1) is 22.4. The van der Waals surface area contributed by atoms with E-state index in [4.69, 9.17) is 14.2 Å². The van der Waals surface area contributed by atoms with Crippen LogP contribution in [0.3, 0.4) is 0 Å². The van der Waals surface area contributed by atoms with Crippen LogP contribution in [-0.2, 0) is 23.8 Å². The second-order valence-corrected chi connectivity index (χ2v) is 10.1. The Hall–Kier alpha value is -2.40. The number of fused-ring (bicyclic) bond motifs is 6. The number of nitrogens with zero attached hydrogens (tertiary/aromatic N) is 2. The number of nitrogens with one attached hydrogen (secondary N) is 1. The lowest BCUT2D eigenvalue weighted by molar-refractivity contribution is -0.132. The van der Waals surface area contributed by atoms with Gasteiger partial charge in [-0.25, -0.2) is 9.88 Å². The van der Waals surface area contributed by atoms with Gasteiger partial charge >= 0.3 is 0 Å². The van der Waals surface area contributed by atoms with Crippen LogP contribution in [0.2, 0.25) is 0 Å². The van der Waals surface area contributed by atoms with Gasteiger partial charge < -0.3 is 19.5 Å². The lowest BCUT2D eigenvalue weighted by atomic mass is 9.59. The van der Waals surface area contributed by atoms with Crippen LogP contribution in [0.5, 0.6) is 0 Å². The van der Waals surface area contributed by atoms with Crippen LogP contribution in [-0.4, -0.2) is 68.4 Å². The number of hydrogen-bond acceptors (Lipinski definition) is 8. The fraction of sp³-hybridized carbons (Fsp3) is 0.565. The Labute approximate surface area is 195 Å². The molecule has 2 bridgehead atoms. The molecule has 0 aliphatic carbocycles. The number of hydrogen-bond donors (Lipinski definition) is 1. The van der Waals surface area contributed by atoms with Gasteiger partial charge in [0.05, 0.1) is 53.1 Å². The van der Waals surface area contributed by atoms with Gasteiger partial charge in [-0.15, -0.1) is 0 Å². The van der Waals surface area contributed by atoms with Crippen LogP contribution >= 0.6 is 11.3 Å². The molecule has 33 heavy (non-hydrogen) atoms. The zero-order chi connectivity index (χ0) is 23.4. The number of methoxy groups -OCH3 is 1. The third-order valence-electron chi connectivity index (χ3n) is 7.48. The molecule has 3 aliphatic heterocycles. The molecule has 0 saturated carbocycles. The number of aromatic nitrogens is 1. The molecule has 3 aliphatic rings. The lowest BCUT2D eigenvalue weighted by Gasteiger charge is -2.36. The van der Waals surface area contributed by atoms with E-state index in [1.165, 1.54) is 16.2 Å². The predicted molar refractivity (Wildman–Crippen MR) is 121 cm³/mol. The van der Waals surface area contributed by atoms with Gasteiger partial charge in [0.25, 0.3) is 5.91 Å². The minimum Gasteiger partial charge on any atom is -0.382 e. The van der Waals surface area contributed by atoms with E-state index < -0.39 is 10.8 Å². The first-order valence-corrected chi connectivity index (χ1v) is 11.9. The van der Waals surface area contributed by atoms with E-state index in [-0.39, 0.29) is 29.9 Å². The molecule has 3 amide bonds. The molecular weight excluding hydrogens is 446 g/mol. The van der Waals surface area contributed by atoms with Gasteiger partial charge in [-0.3, -0.25) is 14.4 Å². The summed E-state index contributed by atoms with van der Waals surface area (Å²) >= 11 is 1.24. The third kappa shape index (κ3) is 3.15. The van der Waals surface area contributed by atoms with E-state index in [0.29, 0.717) is 42.6 Å². The van der Waals surface area contributed by atoms with Crippen LogP contribution in [0.15, 0.2) is 18.2 Å².